The summed E-state index contributed by atoms with van der Waals surface area (Å²) in [4.78, 5) is 15.5. The highest BCUT2D eigenvalue weighted by Crippen LogP contribution is 2.33. The van der Waals surface area contributed by atoms with Gasteiger partial charge in [-0.05, 0) is 71.8 Å². The molecule has 1 aliphatic heterocycles. The Morgan fingerprint density at radius 1 is 1.07 bits per heavy atom. The van der Waals surface area contributed by atoms with E-state index in [4.69, 9.17) is 4.74 Å². The molecular formula is C24H23NO2S. The Morgan fingerprint density at radius 2 is 1.86 bits per heavy atom. The van der Waals surface area contributed by atoms with Crippen LogP contribution in [0.2, 0.25) is 0 Å². The van der Waals surface area contributed by atoms with E-state index in [1.54, 1.807) is 18.4 Å². The van der Waals surface area contributed by atoms with Gasteiger partial charge >= 0.3 is 0 Å². The molecule has 3 nitrogen and oxygen atoms in total. The van der Waals surface area contributed by atoms with Crippen molar-refractivity contribution in [3.05, 3.63) is 71.1 Å². The molecule has 4 heteroatoms. The highest BCUT2D eigenvalue weighted by atomic mass is 32.1. The van der Waals surface area contributed by atoms with Crippen LogP contribution in [0.1, 0.15) is 24.0 Å². The Hall–Kier alpha value is -2.85. The zero-order chi connectivity index (χ0) is 19.3. The van der Waals surface area contributed by atoms with Gasteiger partial charge in [-0.1, -0.05) is 18.2 Å². The van der Waals surface area contributed by atoms with E-state index in [1.807, 2.05) is 30.3 Å². The number of methoxy groups -OCH3 is 1. The molecule has 1 saturated heterocycles. The first kappa shape index (κ1) is 18.5. The minimum Gasteiger partial charge on any atom is -0.496 e. The Morgan fingerprint density at radius 3 is 2.50 bits per heavy atom. The monoisotopic (exact) mass is 389 g/mol. The molecule has 1 fully saturated rings. The molecule has 0 unspecified atom stereocenters. The van der Waals surface area contributed by atoms with E-state index in [-0.39, 0.29) is 0 Å². The predicted molar refractivity (Wildman–Crippen MR) is 118 cm³/mol. The summed E-state index contributed by atoms with van der Waals surface area (Å²) >= 11 is 1.68. The second-order valence-corrected chi connectivity index (χ2v) is 7.84. The molecule has 0 bridgehead atoms. The van der Waals surface area contributed by atoms with E-state index in [1.165, 1.54) is 23.4 Å². The van der Waals surface area contributed by atoms with Gasteiger partial charge in [-0.15, -0.1) is 11.3 Å². The predicted octanol–water partition coefficient (Wildman–Crippen LogP) is 5.76. The maximum Gasteiger partial charge on any atom is 0.150 e. The van der Waals surface area contributed by atoms with Gasteiger partial charge in [0.15, 0.2) is 6.29 Å². The number of rotatable bonds is 6. The van der Waals surface area contributed by atoms with Gasteiger partial charge in [-0.25, -0.2) is 0 Å². The highest BCUT2D eigenvalue weighted by molar-refractivity contribution is 7.13. The molecular weight excluding hydrogens is 366 g/mol. The largest absolute Gasteiger partial charge is 0.496 e. The van der Waals surface area contributed by atoms with Gasteiger partial charge in [-0.2, -0.15) is 0 Å². The van der Waals surface area contributed by atoms with Crippen LogP contribution in [0, 0.1) is 0 Å². The van der Waals surface area contributed by atoms with Crippen LogP contribution in [0.3, 0.4) is 0 Å². The number of benzene rings is 2. The molecule has 0 spiro atoms. The molecule has 0 radical (unpaired) electrons. The number of hydrogen-bond acceptors (Lipinski definition) is 4. The molecule has 3 aromatic rings. The molecule has 0 N–H and O–H groups in total. The van der Waals surface area contributed by atoms with E-state index in [0.29, 0.717) is 11.3 Å². The van der Waals surface area contributed by atoms with Crippen LogP contribution in [0.15, 0.2) is 60.0 Å². The number of carbonyl (C=O) groups excluding carboxylic acids is 1. The van der Waals surface area contributed by atoms with Gasteiger partial charge in [0.05, 0.1) is 7.11 Å². The maximum absolute atomic E-state index is 11.9. The summed E-state index contributed by atoms with van der Waals surface area (Å²) in [5, 5.41) is 2.05. The second kappa shape index (κ2) is 8.44. The minimum atomic E-state index is 0.615. The Labute approximate surface area is 169 Å². The van der Waals surface area contributed by atoms with E-state index >= 15 is 0 Å². The average molecular weight is 390 g/mol. The smallest absolute Gasteiger partial charge is 0.150 e. The van der Waals surface area contributed by atoms with Gasteiger partial charge < -0.3 is 9.64 Å². The first-order chi connectivity index (χ1) is 13.8. The van der Waals surface area contributed by atoms with Crippen molar-refractivity contribution >= 4 is 35.0 Å². The molecule has 0 aliphatic carbocycles. The summed E-state index contributed by atoms with van der Waals surface area (Å²) in [6.07, 6.45) is 5.36. The molecule has 1 aliphatic rings. The van der Waals surface area contributed by atoms with Crippen molar-refractivity contribution in [1.82, 2.24) is 0 Å². The van der Waals surface area contributed by atoms with E-state index in [9.17, 15) is 4.79 Å². The summed E-state index contributed by atoms with van der Waals surface area (Å²) in [6.45, 7) is 2.25. The fourth-order valence-corrected chi connectivity index (χ4v) is 4.37. The Bertz CT molecular complexity index is 968. The summed E-state index contributed by atoms with van der Waals surface area (Å²) in [5.74, 6) is 0.701. The first-order valence-corrected chi connectivity index (χ1v) is 10.4. The van der Waals surface area contributed by atoms with Crippen LogP contribution in [-0.2, 0) is 4.79 Å². The van der Waals surface area contributed by atoms with Crippen molar-refractivity contribution in [2.24, 2.45) is 0 Å². The molecule has 28 heavy (non-hydrogen) atoms. The van der Waals surface area contributed by atoms with E-state index in [2.05, 4.69) is 40.6 Å². The second-order valence-electron chi connectivity index (χ2n) is 6.90. The third-order valence-electron chi connectivity index (χ3n) is 5.13. The molecule has 0 saturated carbocycles. The quantitative estimate of drug-likeness (QED) is 0.305. The van der Waals surface area contributed by atoms with Crippen LogP contribution in [-0.4, -0.2) is 26.5 Å². The summed E-state index contributed by atoms with van der Waals surface area (Å²) in [6, 6.07) is 18.5. The lowest BCUT2D eigenvalue weighted by atomic mass is 9.99. The number of carbonyl (C=O) groups is 1. The van der Waals surface area contributed by atoms with Gasteiger partial charge in [0.25, 0.3) is 0 Å². The topological polar surface area (TPSA) is 29.5 Å². The van der Waals surface area contributed by atoms with E-state index < -0.39 is 0 Å². The first-order valence-electron chi connectivity index (χ1n) is 9.52. The zero-order valence-corrected chi connectivity index (χ0v) is 16.7. The van der Waals surface area contributed by atoms with Crippen molar-refractivity contribution in [3.63, 3.8) is 0 Å². The summed E-state index contributed by atoms with van der Waals surface area (Å²) in [5.41, 5.74) is 4.77. The van der Waals surface area contributed by atoms with Gasteiger partial charge in [0.2, 0.25) is 0 Å². The lowest BCUT2D eigenvalue weighted by Crippen LogP contribution is -2.17. The number of nitrogens with zero attached hydrogens (tertiary/aromatic N) is 1. The van der Waals surface area contributed by atoms with Gasteiger partial charge in [-0.3, -0.25) is 4.79 Å². The normalized spacial score (nSPS) is 14.3. The van der Waals surface area contributed by atoms with Crippen LogP contribution in [0.4, 0.5) is 5.69 Å². The maximum atomic E-state index is 11.9. The van der Waals surface area contributed by atoms with Crippen molar-refractivity contribution in [2.75, 3.05) is 25.1 Å². The van der Waals surface area contributed by atoms with Gasteiger partial charge in [0.1, 0.15) is 5.75 Å². The molecule has 2 heterocycles. The van der Waals surface area contributed by atoms with Crippen LogP contribution < -0.4 is 9.64 Å². The molecule has 4 rings (SSSR count). The number of hydrogen-bond donors (Lipinski definition) is 0. The van der Waals surface area contributed by atoms with Gasteiger partial charge in [0, 0.05) is 34.8 Å². The minimum absolute atomic E-state index is 0.615. The highest BCUT2D eigenvalue weighted by Gasteiger charge is 2.13. The van der Waals surface area contributed by atoms with Crippen molar-refractivity contribution < 1.29 is 9.53 Å². The number of allylic oxidation sites excluding steroid dienone is 1. The van der Waals surface area contributed by atoms with E-state index in [0.717, 1.165) is 36.1 Å². The Balaban J connectivity index is 1.67. The van der Waals surface area contributed by atoms with Crippen LogP contribution in [0.5, 0.6) is 5.75 Å². The SMILES string of the molecule is COc1ccc(-c2cccs2)cc1C(C=O)=Cc1ccc(N2CCCC2)cc1. The molecule has 0 atom stereocenters. The average Bonchev–Trinajstić information content (AvgIpc) is 3.46. The summed E-state index contributed by atoms with van der Waals surface area (Å²) in [7, 11) is 1.64. The van der Waals surface area contributed by atoms with Crippen molar-refractivity contribution in [2.45, 2.75) is 12.8 Å². The fraction of sp³-hybridized carbons (Fsp3) is 0.208. The van der Waals surface area contributed by atoms with Crippen molar-refractivity contribution in [3.8, 4) is 16.2 Å². The molecule has 1 aromatic heterocycles. The van der Waals surface area contributed by atoms with Crippen LogP contribution >= 0.6 is 11.3 Å². The standard InChI is InChI=1S/C24H23NO2S/c1-27-23-11-8-19(24-5-4-14-28-24)16-22(23)20(17-26)15-18-6-9-21(10-7-18)25-12-2-3-13-25/h4-11,14-17H,2-3,12-13H2,1H3. The lowest BCUT2D eigenvalue weighted by Gasteiger charge is -2.17. The lowest BCUT2D eigenvalue weighted by molar-refractivity contribution is -0.103. The number of thiophene rings is 1. The third kappa shape index (κ3) is 3.87. The number of anilines is 1. The molecule has 0 amide bonds. The van der Waals surface area contributed by atoms with Crippen LogP contribution in [0.25, 0.3) is 22.1 Å². The molecule has 2 aromatic carbocycles. The zero-order valence-electron chi connectivity index (χ0n) is 15.9. The fourth-order valence-electron chi connectivity index (χ4n) is 3.64. The number of aldehydes is 1. The Kier molecular flexibility index (Phi) is 5.58. The summed E-state index contributed by atoms with van der Waals surface area (Å²) < 4.78 is 5.52. The third-order valence-corrected chi connectivity index (χ3v) is 6.05. The molecule has 142 valence electrons. The van der Waals surface area contributed by atoms with Crippen molar-refractivity contribution in [1.29, 1.82) is 0 Å². The number of ether oxygens (including phenoxy) is 1.